The fourth-order valence-corrected chi connectivity index (χ4v) is 1.80. The molecule has 0 radical (unpaired) electrons. The molecule has 1 heterocycles. The van der Waals surface area contributed by atoms with Gasteiger partial charge in [-0.05, 0) is 31.3 Å². The van der Waals surface area contributed by atoms with Gasteiger partial charge < -0.3 is 5.32 Å². The molecule has 0 bridgehead atoms. The van der Waals surface area contributed by atoms with Crippen LogP contribution in [0.25, 0.3) is 10.9 Å². The Balaban J connectivity index is 2.47. The lowest BCUT2D eigenvalue weighted by Crippen LogP contribution is -2.26. The second kappa shape index (κ2) is 3.80. The second-order valence-electron chi connectivity index (χ2n) is 3.08. The van der Waals surface area contributed by atoms with Gasteiger partial charge in [-0.3, -0.25) is 4.57 Å². The molecule has 3 heteroatoms. The largest absolute Gasteiger partial charge is 0.362 e. The van der Waals surface area contributed by atoms with Gasteiger partial charge in [-0.2, -0.15) is 0 Å². The van der Waals surface area contributed by atoms with Crippen molar-refractivity contribution in [2.75, 3.05) is 6.54 Å². The van der Waals surface area contributed by atoms with Gasteiger partial charge >= 0.3 is 0 Å². The maximum atomic E-state index is 5.25. The van der Waals surface area contributed by atoms with Gasteiger partial charge in [0, 0.05) is 18.1 Å². The van der Waals surface area contributed by atoms with E-state index >= 15 is 0 Å². The summed E-state index contributed by atoms with van der Waals surface area (Å²) in [5.41, 5.74) is 1.15. The number of rotatable bonds is 1. The predicted molar refractivity (Wildman–Crippen MR) is 63.6 cm³/mol. The maximum Gasteiger partial charge on any atom is 0.177 e. The van der Waals surface area contributed by atoms with Crippen LogP contribution in [0.1, 0.15) is 6.92 Å². The van der Waals surface area contributed by atoms with E-state index in [0.717, 1.165) is 17.2 Å². The summed E-state index contributed by atoms with van der Waals surface area (Å²) in [4.78, 5) is 0. The summed E-state index contributed by atoms with van der Waals surface area (Å²) in [6.07, 6.45) is 2.00. The molecule has 0 aliphatic carbocycles. The van der Waals surface area contributed by atoms with E-state index in [1.807, 2.05) is 29.8 Å². The molecule has 2 rings (SSSR count). The highest BCUT2D eigenvalue weighted by atomic mass is 32.1. The zero-order valence-electron chi connectivity index (χ0n) is 8.03. The van der Waals surface area contributed by atoms with Gasteiger partial charge in [0.2, 0.25) is 0 Å². The van der Waals surface area contributed by atoms with Gasteiger partial charge in [-0.1, -0.05) is 18.2 Å². The minimum Gasteiger partial charge on any atom is -0.362 e. The summed E-state index contributed by atoms with van der Waals surface area (Å²) in [6, 6.07) is 10.3. The van der Waals surface area contributed by atoms with E-state index in [2.05, 4.69) is 23.5 Å². The van der Waals surface area contributed by atoms with Crippen molar-refractivity contribution in [3.63, 3.8) is 0 Å². The highest BCUT2D eigenvalue weighted by Crippen LogP contribution is 2.14. The van der Waals surface area contributed by atoms with Crippen LogP contribution in [-0.2, 0) is 0 Å². The first-order valence-electron chi connectivity index (χ1n) is 4.67. The Morgan fingerprint density at radius 1 is 1.36 bits per heavy atom. The van der Waals surface area contributed by atoms with Gasteiger partial charge in [0.25, 0.3) is 0 Å². The molecule has 0 aliphatic heterocycles. The number of thiocarbonyl (C=S) groups is 1. The monoisotopic (exact) mass is 204 g/mol. The number of aromatic nitrogens is 1. The van der Waals surface area contributed by atoms with Crippen molar-refractivity contribution in [1.82, 2.24) is 9.88 Å². The molecule has 2 nitrogen and oxygen atoms in total. The molecule has 0 unspecified atom stereocenters. The standard InChI is InChI=1S/C11H12N2S/c1-2-12-11(14)13-8-7-9-5-3-4-6-10(9)13/h3-8H,2H2,1H3,(H,12,14). The van der Waals surface area contributed by atoms with Crippen molar-refractivity contribution in [2.24, 2.45) is 0 Å². The Kier molecular flexibility index (Phi) is 2.50. The van der Waals surface area contributed by atoms with E-state index in [4.69, 9.17) is 12.2 Å². The van der Waals surface area contributed by atoms with Crippen LogP contribution in [0.4, 0.5) is 0 Å². The Bertz CT molecular complexity index is 459. The van der Waals surface area contributed by atoms with Gasteiger partial charge in [-0.25, -0.2) is 0 Å². The predicted octanol–water partition coefficient (Wildman–Crippen LogP) is 2.38. The van der Waals surface area contributed by atoms with E-state index < -0.39 is 0 Å². The average molecular weight is 204 g/mol. The normalized spacial score (nSPS) is 10.4. The molecule has 0 amide bonds. The minimum atomic E-state index is 0.758. The molecule has 0 aliphatic rings. The summed E-state index contributed by atoms with van der Waals surface area (Å²) in [5.74, 6) is 0. The molecular formula is C11H12N2S. The lowest BCUT2D eigenvalue weighted by molar-refractivity contribution is 0.940. The maximum absolute atomic E-state index is 5.25. The number of fused-ring (bicyclic) bond motifs is 1. The smallest absolute Gasteiger partial charge is 0.177 e. The third-order valence-corrected chi connectivity index (χ3v) is 2.49. The summed E-state index contributed by atoms with van der Waals surface area (Å²) in [7, 11) is 0. The number of benzene rings is 1. The Morgan fingerprint density at radius 3 is 2.93 bits per heavy atom. The fourth-order valence-electron chi connectivity index (χ4n) is 1.50. The summed E-state index contributed by atoms with van der Waals surface area (Å²) >= 11 is 5.25. The average Bonchev–Trinajstić information content (AvgIpc) is 2.61. The Labute approximate surface area is 88.5 Å². The van der Waals surface area contributed by atoms with Crippen LogP contribution in [0.5, 0.6) is 0 Å². The summed E-state index contributed by atoms with van der Waals surface area (Å²) in [5, 5.41) is 5.11. The molecule has 0 atom stereocenters. The topological polar surface area (TPSA) is 17.0 Å². The van der Waals surface area contributed by atoms with E-state index in [1.165, 1.54) is 5.39 Å². The van der Waals surface area contributed by atoms with E-state index in [0.29, 0.717) is 0 Å². The number of nitrogens with zero attached hydrogens (tertiary/aromatic N) is 1. The van der Waals surface area contributed by atoms with Crippen molar-refractivity contribution in [3.8, 4) is 0 Å². The van der Waals surface area contributed by atoms with Crippen LogP contribution in [0.3, 0.4) is 0 Å². The van der Waals surface area contributed by atoms with Crippen molar-refractivity contribution < 1.29 is 0 Å². The van der Waals surface area contributed by atoms with Crippen LogP contribution in [0.2, 0.25) is 0 Å². The summed E-state index contributed by atoms with van der Waals surface area (Å²) in [6.45, 7) is 2.89. The van der Waals surface area contributed by atoms with Crippen LogP contribution in [0.15, 0.2) is 36.5 Å². The third-order valence-electron chi connectivity index (χ3n) is 2.15. The number of hydrogen-bond donors (Lipinski definition) is 1. The first-order valence-corrected chi connectivity index (χ1v) is 5.08. The van der Waals surface area contributed by atoms with Crippen molar-refractivity contribution >= 4 is 28.2 Å². The summed E-state index contributed by atoms with van der Waals surface area (Å²) < 4.78 is 1.99. The van der Waals surface area contributed by atoms with E-state index in [9.17, 15) is 0 Å². The van der Waals surface area contributed by atoms with E-state index in [1.54, 1.807) is 0 Å². The molecule has 0 saturated heterocycles. The Hall–Kier alpha value is -1.35. The molecule has 2 aromatic rings. The van der Waals surface area contributed by atoms with Crippen LogP contribution >= 0.6 is 12.2 Å². The molecule has 1 aromatic carbocycles. The van der Waals surface area contributed by atoms with Gasteiger partial charge in [0.1, 0.15) is 0 Å². The van der Waals surface area contributed by atoms with Crippen molar-refractivity contribution in [3.05, 3.63) is 36.5 Å². The van der Waals surface area contributed by atoms with E-state index in [-0.39, 0.29) is 0 Å². The molecule has 0 fully saturated rings. The SMILES string of the molecule is CCNC(=S)n1ccc2ccccc21. The van der Waals surface area contributed by atoms with Crippen LogP contribution in [-0.4, -0.2) is 16.2 Å². The van der Waals surface area contributed by atoms with Gasteiger partial charge in [-0.15, -0.1) is 0 Å². The number of para-hydroxylation sites is 1. The fraction of sp³-hybridized carbons (Fsp3) is 0.182. The van der Waals surface area contributed by atoms with Crippen molar-refractivity contribution in [2.45, 2.75) is 6.92 Å². The van der Waals surface area contributed by atoms with Crippen molar-refractivity contribution in [1.29, 1.82) is 0 Å². The number of nitrogens with one attached hydrogen (secondary N) is 1. The molecule has 1 N–H and O–H groups in total. The highest BCUT2D eigenvalue weighted by molar-refractivity contribution is 7.80. The second-order valence-corrected chi connectivity index (χ2v) is 3.47. The molecule has 0 spiro atoms. The molecular weight excluding hydrogens is 192 g/mol. The first-order chi connectivity index (χ1) is 6.83. The van der Waals surface area contributed by atoms with Gasteiger partial charge in [0.05, 0.1) is 5.52 Å². The highest BCUT2D eigenvalue weighted by Gasteiger charge is 2.02. The van der Waals surface area contributed by atoms with Gasteiger partial charge in [0.15, 0.2) is 5.11 Å². The lowest BCUT2D eigenvalue weighted by Gasteiger charge is -2.07. The zero-order valence-corrected chi connectivity index (χ0v) is 8.84. The molecule has 72 valence electrons. The molecule has 14 heavy (non-hydrogen) atoms. The Morgan fingerprint density at radius 2 is 2.14 bits per heavy atom. The number of hydrogen-bond acceptors (Lipinski definition) is 1. The van der Waals surface area contributed by atoms with Crippen LogP contribution in [0, 0.1) is 0 Å². The zero-order chi connectivity index (χ0) is 9.97. The first kappa shape index (κ1) is 9.21. The van der Waals surface area contributed by atoms with Crippen LogP contribution < -0.4 is 5.32 Å². The molecule has 1 aromatic heterocycles. The lowest BCUT2D eigenvalue weighted by atomic mass is 10.2. The molecule has 0 saturated carbocycles. The minimum absolute atomic E-state index is 0.758. The third kappa shape index (κ3) is 1.51. The quantitative estimate of drug-likeness (QED) is 0.718.